The molecule has 0 aliphatic carbocycles. The third kappa shape index (κ3) is 5.95. The van der Waals surface area contributed by atoms with Gasteiger partial charge in [-0.05, 0) is 26.1 Å². The summed E-state index contributed by atoms with van der Waals surface area (Å²) >= 11 is 1.90. The van der Waals surface area contributed by atoms with E-state index >= 15 is 0 Å². The molecule has 0 aliphatic rings. The van der Waals surface area contributed by atoms with Crippen LogP contribution in [0.4, 0.5) is 0 Å². The highest BCUT2D eigenvalue weighted by Gasteiger charge is 2.21. The summed E-state index contributed by atoms with van der Waals surface area (Å²) in [6.07, 6.45) is 0.891. The fourth-order valence-corrected chi connectivity index (χ4v) is 1.92. The summed E-state index contributed by atoms with van der Waals surface area (Å²) in [5.74, 6) is 1.02. The molecule has 0 bridgehead atoms. The minimum atomic E-state index is -0.363. The van der Waals surface area contributed by atoms with E-state index in [9.17, 15) is 0 Å². The number of rotatable bonds is 4. The summed E-state index contributed by atoms with van der Waals surface area (Å²) in [6.45, 7) is 8.53. The zero-order valence-corrected chi connectivity index (χ0v) is 10.1. The average molecular weight is 200 g/mol. The van der Waals surface area contributed by atoms with Crippen molar-refractivity contribution in [2.24, 2.45) is 0 Å². The summed E-state index contributed by atoms with van der Waals surface area (Å²) in [7, 11) is 1.84. The number of hydrogen-bond donors (Lipinski definition) is 1. The molecule has 1 unspecified atom stereocenters. The Morgan fingerprint density at radius 3 is 2.15 bits per heavy atom. The fourth-order valence-electron chi connectivity index (χ4n) is 0.798. The summed E-state index contributed by atoms with van der Waals surface area (Å²) in [5.41, 5.74) is -0.363. The monoisotopic (exact) mass is 200 g/mol. The van der Waals surface area contributed by atoms with Crippen molar-refractivity contribution in [3.05, 3.63) is 0 Å². The lowest BCUT2D eigenvalue weighted by Gasteiger charge is -2.23. The summed E-state index contributed by atoms with van der Waals surface area (Å²) in [6, 6.07) is 2.29. The van der Waals surface area contributed by atoms with Crippen molar-refractivity contribution in [1.82, 2.24) is 5.32 Å². The third-order valence-electron chi connectivity index (χ3n) is 1.94. The van der Waals surface area contributed by atoms with Crippen LogP contribution in [0.5, 0.6) is 0 Å². The average Bonchev–Trinajstić information content (AvgIpc) is 2.02. The number of nitrogens with zero attached hydrogens (tertiary/aromatic N) is 1. The molecule has 0 radical (unpaired) electrons. The van der Waals surface area contributed by atoms with Crippen LogP contribution < -0.4 is 5.32 Å². The van der Waals surface area contributed by atoms with Gasteiger partial charge in [-0.25, -0.2) is 0 Å². The molecule has 2 nitrogen and oxygen atoms in total. The lowest BCUT2D eigenvalue weighted by molar-refractivity contribution is 0.479. The van der Waals surface area contributed by atoms with Gasteiger partial charge in [0.15, 0.2) is 0 Å². The van der Waals surface area contributed by atoms with Gasteiger partial charge in [-0.3, -0.25) is 0 Å². The molecule has 0 rings (SSSR count). The first kappa shape index (κ1) is 12.8. The first-order chi connectivity index (χ1) is 5.83. The molecule has 0 saturated carbocycles. The van der Waals surface area contributed by atoms with Gasteiger partial charge in [0.1, 0.15) is 5.54 Å². The molecule has 76 valence electrons. The molecular weight excluding hydrogens is 180 g/mol. The topological polar surface area (TPSA) is 35.8 Å². The van der Waals surface area contributed by atoms with Crippen molar-refractivity contribution < 1.29 is 0 Å². The van der Waals surface area contributed by atoms with E-state index in [1.807, 2.05) is 25.7 Å². The van der Waals surface area contributed by atoms with E-state index in [-0.39, 0.29) is 5.54 Å². The maximum atomic E-state index is 8.89. The second-order valence-corrected chi connectivity index (χ2v) is 6.33. The Kier molecular flexibility index (Phi) is 4.80. The van der Waals surface area contributed by atoms with Crippen molar-refractivity contribution in [1.29, 1.82) is 5.26 Å². The Morgan fingerprint density at radius 1 is 1.31 bits per heavy atom. The van der Waals surface area contributed by atoms with Crippen LogP contribution in [0.2, 0.25) is 0 Å². The Morgan fingerprint density at radius 2 is 1.85 bits per heavy atom. The molecule has 1 atom stereocenters. The van der Waals surface area contributed by atoms with Crippen molar-refractivity contribution in [2.45, 2.75) is 44.4 Å². The van der Waals surface area contributed by atoms with E-state index in [1.165, 1.54) is 0 Å². The van der Waals surface area contributed by atoms with Crippen LogP contribution in [0, 0.1) is 11.3 Å². The molecule has 0 aromatic carbocycles. The van der Waals surface area contributed by atoms with Gasteiger partial charge in [-0.15, -0.1) is 0 Å². The number of nitrogens with one attached hydrogen (secondary N) is 1. The lowest BCUT2D eigenvalue weighted by atomic mass is 10.0. The van der Waals surface area contributed by atoms with Gasteiger partial charge in [0.2, 0.25) is 0 Å². The Labute approximate surface area is 86.1 Å². The summed E-state index contributed by atoms with van der Waals surface area (Å²) in [4.78, 5) is 0. The number of hydrogen-bond acceptors (Lipinski definition) is 3. The normalized spacial score (nSPS) is 16.3. The fraction of sp³-hybridized carbons (Fsp3) is 0.900. The molecule has 0 saturated heterocycles. The predicted molar refractivity (Wildman–Crippen MR) is 59.9 cm³/mol. The van der Waals surface area contributed by atoms with Gasteiger partial charge >= 0.3 is 0 Å². The smallest absolute Gasteiger partial charge is 0.104 e. The van der Waals surface area contributed by atoms with Crippen LogP contribution in [0.25, 0.3) is 0 Å². The maximum absolute atomic E-state index is 8.89. The first-order valence-electron chi connectivity index (χ1n) is 4.57. The minimum Gasteiger partial charge on any atom is -0.303 e. The number of thioether (sulfide) groups is 1. The van der Waals surface area contributed by atoms with Crippen LogP contribution >= 0.6 is 11.8 Å². The van der Waals surface area contributed by atoms with Gasteiger partial charge in [0.05, 0.1) is 6.07 Å². The van der Waals surface area contributed by atoms with Gasteiger partial charge in [-0.1, -0.05) is 20.8 Å². The molecule has 0 heterocycles. The SMILES string of the molecule is CNC(C)(C#N)CCSC(C)(C)C. The largest absolute Gasteiger partial charge is 0.303 e. The van der Waals surface area contributed by atoms with Crippen molar-refractivity contribution >= 4 is 11.8 Å². The summed E-state index contributed by atoms with van der Waals surface area (Å²) in [5, 5.41) is 11.9. The van der Waals surface area contributed by atoms with Gasteiger partial charge < -0.3 is 5.32 Å². The van der Waals surface area contributed by atoms with Gasteiger partial charge in [0, 0.05) is 4.75 Å². The first-order valence-corrected chi connectivity index (χ1v) is 5.56. The van der Waals surface area contributed by atoms with E-state index in [0.29, 0.717) is 4.75 Å². The highest BCUT2D eigenvalue weighted by Crippen LogP contribution is 2.25. The molecule has 3 heteroatoms. The van der Waals surface area contributed by atoms with Gasteiger partial charge in [-0.2, -0.15) is 17.0 Å². The third-order valence-corrected chi connectivity index (χ3v) is 3.21. The van der Waals surface area contributed by atoms with Crippen molar-refractivity contribution in [3.63, 3.8) is 0 Å². The minimum absolute atomic E-state index is 0.296. The van der Waals surface area contributed by atoms with Gasteiger partial charge in [0.25, 0.3) is 0 Å². The van der Waals surface area contributed by atoms with Crippen LogP contribution in [0.1, 0.15) is 34.1 Å². The number of nitriles is 1. The zero-order chi connectivity index (χ0) is 10.5. The quantitative estimate of drug-likeness (QED) is 0.757. The standard InChI is InChI=1S/C10H20N2S/c1-9(2,3)13-7-6-10(4,8-11)12-5/h12H,6-7H2,1-5H3. The molecule has 0 aromatic heterocycles. The van der Waals surface area contributed by atoms with Crippen LogP contribution in [0.15, 0.2) is 0 Å². The molecule has 0 spiro atoms. The van der Waals surface area contributed by atoms with Crippen molar-refractivity contribution in [2.75, 3.05) is 12.8 Å². The van der Waals surface area contributed by atoms with E-state index in [0.717, 1.165) is 12.2 Å². The molecule has 0 fully saturated rings. The lowest BCUT2D eigenvalue weighted by Crippen LogP contribution is -2.38. The van der Waals surface area contributed by atoms with E-state index < -0.39 is 0 Å². The van der Waals surface area contributed by atoms with Crippen molar-refractivity contribution in [3.8, 4) is 6.07 Å². The zero-order valence-electron chi connectivity index (χ0n) is 9.27. The summed E-state index contributed by atoms with van der Waals surface area (Å²) < 4.78 is 0.296. The molecule has 1 N–H and O–H groups in total. The Bertz CT molecular complexity index is 190. The maximum Gasteiger partial charge on any atom is 0.104 e. The van der Waals surface area contributed by atoms with Crippen LogP contribution in [-0.2, 0) is 0 Å². The molecule has 0 aliphatic heterocycles. The highest BCUT2D eigenvalue weighted by molar-refractivity contribution is 8.00. The Hall–Kier alpha value is -0.200. The van der Waals surface area contributed by atoms with Crippen LogP contribution in [0.3, 0.4) is 0 Å². The predicted octanol–water partition coefficient (Wildman–Crippen LogP) is 2.41. The molecule has 0 aromatic rings. The van der Waals surface area contributed by atoms with E-state index in [4.69, 9.17) is 5.26 Å². The van der Waals surface area contributed by atoms with E-state index in [2.05, 4.69) is 32.2 Å². The molecule has 0 amide bonds. The van der Waals surface area contributed by atoms with E-state index in [1.54, 1.807) is 0 Å². The highest BCUT2D eigenvalue weighted by atomic mass is 32.2. The van der Waals surface area contributed by atoms with Crippen LogP contribution in [-0.4, -0.2) is 23.1 Å². The second kappa shape index (κ2) is 4.88. The molecule has 13 heavy (non-hydrogen) atoms. The Balaban J connectivity index is 3.83. The second-order valence-electron chi connectivity index (χ2n) is 4.40. The molecular formula is C10H20N2S.